The molecular weight excluding hydrogens is 236 g/mol. The van der Waals surface area contributed by atoms with Gasteiger partial charge in [-0.15, -0.1) is 0 Å². The van der Waals surface area contributed by atoms with E-state index in [-0.39, 0.29) is 5.91 Å². The van der Waals surface area contributed by atoms with E-state index >= 15 is 0 Å². The summed E-state index contributed by atoms with van der Waals surface area (Å²) in [7, 11) is 0. The van der Waals surface area contributed by atoms with Gasteiger partial charge < -0.3 is 10.6 Å². The van der Waals surface area contributed by atoms with Crippen LogP contribution in [0.1, 0.15) is 71.6 Å². The van der Waals surface area contributed by atoms with E-state index in [9.17, 15) is 4.79 Å². The first-order valence-corrected chi connectivity index (χ1v) is 8.22. The summed E-state index contributed by atoms with van der Waals surface area (Å²) < 4.78 is 0. The van der Waals surface area contributed by atoms with Crippen LogP contribution in [0.4, 0.5) is 0 Å². The molecule has 2 unspecified atom stereocenters. The first kappa shape index (κ1) is 16.5. The molecule has 0 spiro atoms. The molecule has 3 heteroatoms. The monoisotopic (exact) mass is 268 g/mol. The Morgan fingerprint density at radius 2 is 1.79 bits per heavy atom. The average Bonchev–Trinajstić information content (AvgIpc) is 2.37. The molecule has 3 nitrogen and oxygen atoms in total. The van der Waals surface area contributed by atoms with Crippen molar-refractivity contribution in [1.82, 2.24) is 10.6 Å². The van der Waals surface area contributed by atoms with Gasteiger partial charge in [-0.2, -0.15) is 0 Å². The van der Waals surface area contributed by atoms with Gasteiger partial charge in [0, 0.05) is 19.0 Å². The van der Waals surface area contributed by atoms with E-state index in [0.29, 0.717) is 18.4 Å². The van der Waals surface area contributed by atoms with Crippen molar-refractivity contribution in [3.8, 4) is 0 Å². The molecule has 1 saturated heterocycles. The Bertz CT molecular complexity index is 243. The fourth-order valence-corrected chi connectivity index (χ4v) is 2.81. The number of amides is 1. The number of carbonyl (C=O) groups excluding carboxylic acids is 1. The third kappa shape index (κ3) is 8.25. The summed E-state index contributed by atoms with van der Waals surface area (Å²) >= 11 is 0. The highest BCUT2D eigenvalue weighted by molar-refractivity contribution is 5.76. The predicted octanol–water partition coefficient (Wildman–Crippen LogP) is 3.24. The lowest BCUT2D eigenvalue weighted by molar-refractivity contribution is -0.122. The van der Waals surface area contributed by atoms with Crippen molar-refractivity contribution in [3.63, 3.8) is 0 Å². The molecule has 0 saturated carbocycles. The van der Waals surface area contributed by atoms with Crippen LogP contribution in [-0.4, -0.2) is 25.0 Å². The summed E-state index contributed by atoms with van der Waals surface area (Å²) in [5, 5.41) is 6.53. The molecule has 0 aromatic heterocycles. The molecule has 0 radical (unpaired) electrons. The summed E-state index contributed by atoms with van der Waals surface area (Å²) in [6.45, 7) is 6.50. The van der Waals surface area contributed by atoms with Crippen molar-refractivity contribution in [3.05, 3.63) is 0 Å². The number of nitrogens with one attached hydrogen (secondary N) is 2. The first-order chi connectivity index (χ1) is 9.22. The molecule has 1 fully saturated rings. The number of hydrogen-bond acceptors (Lipinski definition) is 2. The van der Waals surface area contributed by atoms with Gasteiger partial charge in [0.05, 0.1) is 0 Å². The van der Waals surface area contributed by atoms with E-state index in [0.717, 1.165) is 25.9 Å². The summed E-state index contributed by atoms with van der Waals surface area (Å²) in [5.41, 5.74) is 0. The minimum Gasteiger partial charge on any atom is -0.352 e. The van der Waals surface area contributed by atoms with E-state index in [4.69, 9.17) is 0 Å². The van der Waals surface area contributed by atoms with Gasteiger partial charge in [-0.3, -0.25) is 4.79 Å². The molecular formula is C16H32N2O. The third-order valence-electron chi connectivity index (χ3n) is 3.94. The maximum absolute atomic E-state index is 11.8. The average molecular weight is 268 g/mol. The van der Waals surface area contributed by atoms with E-state index in [1.54, 1.807) is 0 Å². The standard InChI is InChI=1S/C16H32N2O/c1-3-4-5-6-7-8-9-10-16(19)18-15-11-14(2)12-17-13-15/h14-15,17H,3-13H2,1-2H3,(H,18,19). The van der Waals surface area contributed by atoms with Crippen LogP contribution in [-0.2, 0) is 4.79 Å². The number of unbranched alkanes of at least 4 members (excludes halogenated alkanes) is 6. The van der Waals surface area contributed by atoms with E-state index in [2.05, 4.69) is 24.5 Å². The molecule has 19 heavy (non-hydrogen) atoms. The molecule has 112 valence electrons. The molecule has 1 aliphatic heterocycles. The van der Waals surface area contributed by atoms with Crippen LogP contribution in [0, 0.1) is 5.92 Å². The highest BCUT2D eigenvalue weighted by Crippen LogP contribution is 2.11. The van der Waals surface area contributed by atoms with Gasteiger partial charge in [-0.25, -0.2) is 0 Å². The second-order valence-corrected chi connectivity index (χ2v) is 6.13. The summed E-state index contributed by atoms with van der Waals surface area (Å²) in [5.74, 6) is 0.923. The second kappa shape index (κ2) is 10.2. The Morgan fingerprint density at radius 3 is 2.47 bits per heavy atom. The van der Waals surface area contributed by atoms with Gasteiger partial charge in [0.25, 0.3) is 0 Å². The van der Waals surface area contributed by atoms with Crippen molar-refractivity contribution in [2.75, 3.05) is 13.1 Å². The Morgan fingerprint density at radius 1 is 1.11 bits per heavy atom. The quantitative estimate of drug-likeness (QED) is 0.630. The van der Waals surface area contributed by atoms with Gasteiger partial charge in [0.15, 0.2) is 0 Å². The van der Waals surface area contributed by atoms with Gasteiger partial charge >= 0.3 is 0 Å². The van der Waals surface area contributed by atoms with Crippen molar-refractivity contribution in [1.29, 1.82) is 0 Å². The molecule has 1 heterocycles. The molecule has 0 aromatic rings. The lowest BCUT2D eigenvalue weighted by Crippen LogP contribution is -2.48. The van der Waals surface area contributed by atoms with Crippen molar-refractivity contribution < 1.29 is 4.79 Å². The van der Waals surface area contributed by atoms with Crippen molar-refractivity contribution in [2.24, 2.45) is 5.92 Å². The molecule has 0 aromatic carbocycles. The first-order valence-electron chi connectivity index (χ1n) is 8.22. The van der Waals surface area contributed by atoms with Crippen molar-refractivity contribution >= 4 is 5.91 Å². The fourth-order valence-electron chi connectivity index (χ4n) is 2.81. The normalized spacial score (nSPS) is 23.3. The molecule has 1 aliphatic rings. The Balaban J connectivity index is 1.95. The SMILES string of the molecule is CCCCCCCCCC(=O)NC1CNCC(C)C1. The highest BCUT2D eigenvalue weighted by atomic mass is 16.1. The molecule has 1 amide bonds. The van der Waals surface area contributed by atoms with Gasteiger partial charge in [0.1, 0.15) is 0 Å². The smallest absolute Gasteiger partial charge is 0.220 e. The van der Waals surface area contributed by atoms with Crippen LogP contribution in [0.15, 0.2) is 0 Å². The molecule has 0 aliphatic carbocycles. The Kier molecular flexibility index (Phi) is 8.89. The van der Waals surface area contributed by atoms with Gasteiger partial charge in [-0.1, -0.05) is 52.4 Å². The maximum Gasteiger partial charge on any atom is 0.220 e. The third-order valence-corrected chi connectivity index (χ3v) is 3.94. The molecule has 2 N–H and O–H groups in total. The number of rotatable bonds is 9. The summed E-state index contributed by atoms with van der Waals surface area (Å²) in [6, 6.07) is 0.348. The lowest BCUT2D eigenvalue weighted by Gasteiger charge is -2.28. The molecule has 2 atom stereocenters. The molecule has 0 bridgehead atoms. The van der Waals surface area contributed by atoms with Gasteiger partial charge in [0.2, 0.25) is 5.91 Å². The highest BCUT2D eigenvalue weighted by Gasteiger charge is 2.19. The predicted molar refractivity (Wildman–Crippen MR) is 81.2 cm³/mol. The zero-order valence-corrected chi connectivity index (χ0v) is 12.8. The van der Waals surface area contributed by atoms with E-state index in [1.807, 2.05) is 0 Å². The Labute approximate surface area is 118 Å². The topological polar surface area (TPSA) is 41.1 Å². The number of piperidine rings is 1. The fraction of sp³-hybridized carbons (Fsp3) is 0.938. The zero-order valence-electron chi connectivity index (χ0n) is 12.8. The van der Waals surface area contributed by atoms with Crippen LogP contribution >= 0.6 is 0 Å². The lowest BCUT2D eigenvalue weighted by atomic mass is 9.97. The van der Waals surface area contributed by atoms with E-state index < -0.39 is 0 Å². The largest absolute Gasteiger partial charge is 0.352 e. The minimum atomic E-state index is 0.245. The van der Waals surface area contributed by atoms with Crippen LogP contribution in [0.5, 0.6) is 0 Å². The van der Waals surface area contributed by atoms with Gasteiger partial charge in [-0.05, 0) is 25.3 Å². The Hall–Kier alpha value is -0.570. The van der Waals surface area contributed by atoms with Crippen LogP contribution in [0.2, 0.25) is 0 Å². The van der Waals surface area contributed by atoms with Crippen LogP contribution in [0.3, 0.4) is 0 Å². The zero-order chi connectivity index (χ0) is 13.9. The summed E-state index contributed by atoms with van der Waals surface area (Å²) in [4.78, 5) is 11.8. The van der Waals surface area contributed by atoms with E-state index in [1.165, 1.54) is 38.5 Å². The summed E-state index contributed by atoms with van der Waals surface area (Å²) in [6.07, 6.45) is 10.7. The van der Waals surface area contributed by atoms with Crippen molar-refractivity contribution in [2.45, 2.75) is 77.7 Å². The van der Waals surface area contributed by atoms with Crippen LogP contribution < -0.4 is 10.6 Å². The maximum atomic E-state index is 11.8. The number of carbonyl (C=O) groups is 1. The molecule has 1 rings (SSSR count). The minimum absolute atomic E-state index is 0.245. The number of hydrogen-bond donors (Lipinski definition) is 2. The second-order valence-electron chi connectivity index (χ2n) is 6.13. The van der Waals surface area contributed by atoms with Crippen LogP contribution in [0.25, 0.3) is 0 Å².